The highest BCUT2D eigenvalue weighted by molar-refractivity contribution is 5.82. The Morgan fingerprint density at radius 1 is 1.35 bits per heavy atom. The van der Waals surface area contributed by atoms with E-state index in [1.165, 1.54) is 5.56 Å². The molecule has 4 atom stereocenters. The first kappa shape index (κ1) is 23.1. The van der Waals surface area contributed by atoms with Crippen LogP contribution in [-0.2, 0) is 16.0 Å². The van der Waals surface area contributed by atoms with Gasteiger partial charge in [0.2, 0.25) is 11.8 Å². The summed E-state index contributed by atoms with van der Waals surface area (Å²) < 4.78 is 5.98. The van der Waals surface area contributed by atoms with Gasteiger partial charge in [0.05, 0.1) is 12.1 Å². The molecule has 2 aliphatic heterocycles. The summed E-state index contributed by atoms with van der Waals surface area (Å²) in [5.41, 5.74) is 1.19. The van der Waals surface area contributed by atoms with Crippen LogP contribution in [-0.4, -0.2) is 43.1 Å². The molecule has 3 N–H and O–H groups in total. The summed E-state index contributed by atoms with van der Waals surface area (Å²) >= 11 is 0. The van der Waals surface area contributed by atoms with Crippen molar-refractivity contribution in [2.45, 2.75) is 70.6 Å². The van der Waals surface area contributed by atoms with Crippen molar-refractivity contribution < 1.29 is 14.3 Å². The van der Waals surface area contributed by atoms with Gasteiger partial charge in [-0.3, -0.25) is 9.59 Å². The second-order valence-corrected chi connectivity index (χ2v) is 9.04. The van der Waals surface area contributed by atoms with Crippen molar-refractivity contribution in [2.75, 3.05) is 13.1 Å². The SMILES string of the molecule is CC(C)C[C@H](NCC1Cc2ccccc2O1)C(=O)N[C@H](C#N)CC[C@@H]1CCCNC1=O. The normalized spacial score (nSPS) is 22.1. The van der Waals surface area contributed by atoms with E-state index in [1.54, 1.807) is 0 Å². The van der Waals surface area contributed by atoms with Gasteiger partial charge >= 0.3 is 0 Å². The van der Waals surface area contributed by atoms with Crippen molar-refractivity contribution in [3.8, 4) is 11.8 Å². The van der Waals surface area contributed by atoms with E-state index in [1.807, 2.05) is 18.2 Å². The Morgan fingerprint density at radius 3 is 2.87 bits per heavy atom. The predicted octanol–water partition coefficient (Wildman–Crippen LogP) is 2.31. The molecule has 31 heavy (non-hydrogen) atoms. The van der Waals surface area contributed by atoms with Crippen LogP contribution in [0, 0.1) is 23.2 Å². The Morgan fingerprint density at radius 2 is 2.16 bits per heavy atom. The van der Waals surface area contributed by atoms with Crippen molar-refractivity contribution in [3.05, 3.63) is 29.8 Å². The van der Waals surface area contributed by atoms with Crippen LogP contribution in [0.25, 0.3) is 0 Å². The van der Waals surface area contributed by atoms with Crippen LogP contribution in [0.3, 0.4) is 0 Å². The number of amides is 2. The summed E-state index contributed by atoms with van der Waals surface area (Å²) in [5, 5.41) is 18.6. The van der Waals surface area contributed by atoms with Crippen molar-refractivity contribution >= 4 is 11.8 Å². The molecule has 1 saturated heterocycles. The highest BCUT2D eigenvalue weighted by atomic mass is 16.5. The fourth-order valence-corrected chi connectivity index (χ4v) is 4.32. The summed E-state index contributed by atoms with van der Waals surface area (Å²) in [6.45, 7) is 5.45. The molecule has 3 rings (SSSR count). The number of piperidine rings is 1. The maximum Gasteiger partial charge on any atom is 0.238 e. The lowest BCUT2D eigenvalue weighted by Crippen LogP contribution is -2.50. The molecular weight excluding hydrogens is 392 g/mol. The first-order chi connectivity index (χ1) is 15.0. The first-order valence-corrected chi connectivity index (χ1v) is 11.4. The van der Waals surface area contributed by atoms with E-state index in [9.17, 15) is 14.9 Å². The van der Waals surface area contributed by atoms with Gasteiger partial charge in [-0.1, -0.05) is 32.0 Å². The third-order valence-electron chi connectivity index (χ3n) is 6.00. The first-order valence-electron chi connectivity index (χ1n) is 11.4. The quantitative estimate of drug-likeness (QED) is 0.533. The Balaban J connectivity index is 1.50. The van der Waals surface area contributed by atoms with E-state index in [4.69, 9.17) is 4.74 Å². The highest BCUT2D eigenvalue weighted by Crippen LogP contribution is 2.27. The van der Waals surface area contributed by atoms with Gasteiger partial charge in [-0.05, 0) is 49.7 Å². The molecule has 7 nitrogen and oxygen atoms in total. The Kier molecular flexibility index (Phi) is 8.30. The topological polar surface area (TPSA) is 103 Å². The van der Waals surface area contributed by atoms with Gasteiger partial charge in [0.25, 0.3) is 0 Å². The fourth-order valence-electron chi connectivity index (χ4n) is 4.32. The average molecular weight is 427 g/mol. The zero-order valence-corrected chi connectivity index (χ0v) is 18.5. The number of hydrogen-bond acceptors (Lipinski definition) is 5. The molecule has 1 unspecified atom stereocenters. The zero-order chi connectivity index (χ0) is 22.2. The second-order valence-electron chi connectivity index (χ2n) is 9.04. The molecule has 0 bridgehead atoms. The minimum absolute atomic E-state index is 0.00330. The summed E-state index contributed by atoms with van der Waals surface area (Å²) in [6, 6.07) is 9.21. The molecule has 2 heterocycles. The van der Waals surface area contributed by atoms with Crippen LogP contribution >= 0.6 is 0 Å². The Labute approximate surface area is 184 Å². The monoisotopic (exact) mass is 426 g/mol. The summed E-state index contributed by atoms with van der Waals surface area (Å²) in [4.78, 5) is 24.9. The molecule has 2 aliphatic rings. The van der Waals surface area contributed by atoms with E-state index in [2.05, 4.69) is 41.9 Å². The van der Waals surface area contributed by atoms with Crippen molar-refractivity contribution in [2.24, 2.45) is 11.8 Å². The molecule has 7 heteroatoms. The molecule has 1 aromatic carbocycles. The second kappa shape index (κ2) is 11.1. The molecule has 1 fully saturated rings. The molecular formula is C24H34N4O3. The van der Waals surface area contributed by atoms with Gasteiger partial charge in [0, 0.05) is 25.4 Å². The summed E-state index contributed by atoms with van der Waals surface area (Å²) in [6.07, 6.45) is 4.40. The minimum Gasteiger partial charge on any atom is -0.488 e. The number of para-hydroxylation sites is 1. The van der Waals surface area contributed by atoms with Crippen molar-refractivity contribution in [1.29, 1.82) is 5.26 Å². The van der Waals surface area contributed by atoms with Crippen LogP contribution < -0.4 is 20.7 Å². The number of carbonyl (C=O) groups is 2. The van der Waals surface area contributed by atoms with E-state index in [-0.39, 0.29) is 29.9 Å². The van der Waals surface area contributed by atoms with Crippen molar-refractivity contribution in [3.63, 3.8) is 0 Å². The van der Waals surface area contributed by atoms with Crippen LogP contribution in [0.5, 0.6) is 5.75 Å². The van der Waals surface area contributed by atoms with E-state index < -0.39 is 6.04 Å². The largest absolute Gasteiger partial charge is 0.488 e. The number of ether oxygens (including phenoxy) is 1. The molecule has 2 amide bonds. The van der Waals surface area contributed by atoms with Crippen LogP contribution in [0.15, 0.2) is 24.3 Å². The number of rotatable bonds is 10. The molecule has 168 valence electrons. The van der Waals surface area contributed by atoms with Gasteiger partial charge in [-0.15, -0.1) is 0 Å². The van der Waals surface area contributed by atoms with Crippen LogP contribution in [0.4, 0.5) is 0 Å². The number of nitrogens with one attached hydrogen (secondary N) is 3. The van der Waals surface area contributed by atoms with Gasteiger partial charge in [-0.25, -0.2) is 0 Å². The third-order valence-corrected chi connectivity index (χ3v) is 6.00. The van der Waals surface area contributed by atoms with Gasteiger partial charge < -0.3 is 20.7 Å². The zero-order valence-electron chi connectivity index (χ0n) is 18.5. The van der Waals surface area contributed by atoms with Crippen molar-refractivity contribution in [1.82, 2.24) is 16.0 Å². The fraction of sp³-hybridized carbons (Fsp3) is 0.625. The van der Waals surface area contributed by atoms with Crippen LogP contribution in [0.2, 0.25) is 0 Å². The number of benzene rings is 1. The maximum atomic E-state index is 12.9. The lowest BCUT2D eigenvalue weighted by Gasteiger charge is -2.25. The average Bonchev–Trinajstić information content (AvgIpc) is 3.17. The number of fused-ring (bicyclic) bond motifs is 1. The van der Waals surface area contributed by atoms with Gasteiger partial charge in [0.1, 0.15) is 17.9 Å². The molecule has 1 aromatic rings. The van der Waals surface area contributed by atoms with E-state index >= 15 is 0 Å². The molecule has 0 aromatic heterocycles. The van der Waals surface area contributed by atoms with Crippen LogP contribution in [0.1, 0.15) is 51.5 Å². The number of carbonyl (C=O) groups excluding carboxylic acids is 2. The molecule has 0 saturated carbocycles. The lowest BCUT2D eigenvalue weighted by molar-refractivity contribution is -0.126. The van der Waals surface area contributed by atoms with E-state index in [0.29, 0.717) is 31.7 Å². The Bertz CT molecular complexity index is 779. The smallest absolute Gasteiger partial charge is 0.238 e. The van der Waals surface area contributed by atoms with Gasteiger partial charge in [-0.2, -0.15) is 5.26 Å². The minimum atomic E-state index is -0.592. The summed E-state index contributed by atoms with van der Waals surface area (Å²) in [5.74, 6) is 1.08. The number of nitrogens with zero attached hydrogens (tertiary/aromatic N) is 1. The molecule has 0 spiro atoms. The maximum absolute atomic E-state index is 12.9. The Hall–Kier alpha value is -2.59. The standard InChI is InChI=1S/C24H34N4O3/c1-16(2)12-21(27-15-20-13-18-6-3-4-8-22(18)31-20)24(30)28-19(14-25)10-9-17-7-5-11-26-23(17)29/h3-4,6,8,16-17,19-21,27H,5,7,9-13,15H2,1-2H3,(H,26,29)(H,28,30)/t17-,19-,20?,21-/m0/s1. The number of hydrogen-bond donors (Lipinski definition) is 3. The molecule has 0 aliphatic carbocycles. The third kappa shape index (κ3) is 6.70. The predicted molar refractivity (Wildman–Crippen MR) is 118 cm³/mol. The van der Waals surface area contributed by atoms with E-state index in [0.717, 1.165) is 31.6 Å². The highest BCUT2D eigenvalue weighted by Gasteiger charge is 2.28. The van der Waals surface area contributed by atoms with Gasteiger partial charge in [0.15, 0.2) is 0 Å². The molecule has 0 radical (unpaired) electrons. The number of nitriles is 1. The summed E-state index contributed by atoms with van der Waals surface area (Å²) in [7, 11) is 0. The lowest BCUT2D eigenvalue weighted by atomic mass is 9.92.